The fourth-order valence-corrected chi connectivity index (χ4v) is 2.03. The first kappa shape index (κ1) is 14.0. The van der Waals surface area contributed by atoms with Crippen LogP contribution in [0.1, 0.15) is 5.56 Å². The highest BCUT2D eigenvalue weighted by Crippen LogP contribution is 2.37. The monoisotopic (exact) mass is 336 g/mol. The highest BCUT2D eigenvalue weighted by Gasteiger charge is 2.18. The molecule has 0 aromatic heterocycles. The molecular weight excluding hydrogens is 331 g/mol. The summed E-state index contributed by atoms with van der Waals surface area (Å²) in [4.78, 5) is 10.2. The minimum absolute atomic E-state index is 0.00584. The Morgan fingerprint density at radius 3 is 2.55 bits per heavy atom. The molecule has 0 spiro atoms. The van der Waals surface area contributed by atoms with Gasteiger partial charge in [0.1, 0.15) is 33.4 Å². The minimum Gasteiger partial charge on any atom is -0.454 e. The van der Waals surface area contributed by atoms with E-state index in [9.17, 15) is 14.5 Å². The first-order valence-electron chi connectivity index (χ1n) is 5.34. The Labute approximate surface area is 121 Å². The second-order valence-corrected chi connectivity index (χ2v) is 4.47. The molecular formula is C13H6BrFN2O3. The van der Waals surface area contributed by atoms with Crippen LogP contribution < -0.4 is 4.74 Å². The molecule has 0 saturated heterocycles. The molecule has 0 atom stereocenters. The third-order valence-electron chi connectivity index (χ3n) is 2.45. The van der Waals surface area contributed by atoms with Crippen molar-refractivity contribution >= 4 is 21.6 Å². The summed E-state index contributed by atoms with van der Waals surface area (Å²) >= 11 is 3.06. The van der Waals surface area contributed by atoms with E-state index in [-0.39, 0.29) is 27.2 Å². The summed E-state index contributed by atoms with van der Waals surface area (Å²) in [5.41, 5.74) is -0.441. The van der Waals surface area contributed by atoms with E-state index in [0.29, 0.717) is 0 Å². The number of benzene rings is 2. The highest BCUT2D eigenvalue weighted by molar-refractivity contribution is 9.10. The number of nitriles is 1. The lowest BCUT2D eigenvalue weighted by Gasteiger charge is -2.09. The predicted molar refractivity (Wildman–Crippen MR) is 72.0 cm³/mol. The van der Waals surface area contributed by atoms with E-state index in [4.69, 9.17) is 10.00 Å². The molecule has 2 rings (SSSR count). The Balaban J connectivity index is 2.47. The number of nitrogens with zero attached hydrogens (tertiary/aromatic N) is 2. The molecule has 0 radical (unpaired) electrons. The number of nitro groups is 1. The summed E-state index contributed by atoms with van der Waals surface area (Å²) in [7, 11) is 0. The molecule has 7 heteroatoms. The fourth-order valence-electron chi connectivity index (χ4n) is 1.54. The third-order valence-corrected chi connectivity index (χ3v) is 3.24. The van der Waals surface area contributed by atoms with Crippen LogP contribution in [0.2, 0.25) is 0 Å². The SMILES string of the molecule is N#Cc1c(F)cccc1Oc1cccc([N+](=O)[O-])c1Br. The quantitative estimate of drug-likeness (QED) is 0.622. The number of hydrogen-bond acceptors (Lipinski definition) is 4. The maximum Gasteiger partial charge on any atom is 0.287 e. The number of ether oxygens (including phenoxy) is 1. The van der Waals surface area contributed by atoms with Crippen LogP contribution >= 0.6 is 15.9 Å². The highest BCUT2D eigenvalue weighted by atomic mass is 79.9. The van der Waals surface area contributed by atoms with Gasteiger partial charge in [0, 0.05) is 6.07 Å². The van der Waals surface area contributed by atoms with Crippen molar-refractivity contribution < 1.29 is 14.1 Å². The van der Waals surface area contributed by atoms with Gasteiger partial charge in [-0.05, 0) is 34.1 Å². The van der Waals surface area contributed by atoms with Crippen LogP contribution in [0.15, 0.2) is 40.9 Å². The van der Waals surface area contributed by atoms with E-state index in [1.54, 1.807) is 6.07 Å². The van der Waals surface area contributed by atoms with E-state index in [2.05, 4.69) is 15.9 Å². The smallest absolute Gasteiger partial charge is 0.287 e. The normalized spacial score (nSPS) is 9.85. The predicted octanol–water partition coefficient (Wildman–Crippen LogP) is 4.16. The Bertz CT molecular complexity index is 728. The molecule has 5 nitrogen and oxygen atoms in total. The summed E-state index contributed by atoms with van der Waals surface area (Å²) < 4.78 is 19.0. The Morgan fingerprint density at radius 2 is 1.90 bits per heavy atom. The van der Waals surface area contributed by atoms with Gasteiger partial charge in [-0.25, -0.2) is 4.39 Å². The van der Waals surface area contributed by atoms with Crippen molar-refractivity contribution in [2.24, 2.45) is 0 Å². The van der Waals surface area contributed by atoms with E-state index in [1.165, 1.54) is 30.3 Å². The van der Waals surface area contributed by atoms with Crippen molar-refractivity contribution in [1.82, 2.24) is 0 Å². The van der Waals surface area contributed by atoms with Gasteiger partial charge in [-0.2, -0.15) is 5.26 Å². The van der Waals surface area contributed by atoms with Crippen molar-refractivity contribution in [3.05, 3.63) is 62.4 Å². The van der Waals surface area contributed by atoms with Gasteiger partial charge in [-0.3, -0.25) is 10.1 Å². The number of hydrogen-bond donors (Lipinski definition) is 0. The fraction of sp³-hybridized carbons (Fsp3) is 0. The number of nitro benzene ring substituents is 1. The number of halogens is 2. The van der Waals surface area contributed by atoms with Crippen LogP contribution in [-0.4, -0.2) is 4.92 Å². The minimum atomic E-state index is -0.716. The van der Waals surface area contributed by atoms with Gasteiger partial charge in [0.25, 0.3) is 5.69 Å². The molecule has 0 aliphatic heterocycles. The molecule has 0 fully saturated rings. The maximum absolute atomic E-state index is 13.4. The van der Waals surface area contributed by atoms with Gasteiger partial charge in [0.15, 0.2) is 0 Å². The molecule has 0 bridgehead atoms. The molecule has 0 unspecified atom stereocenters. The zero-order valence-corrected chi connectivity index (χ0v) is 11.4. The summed E-state index contributed by atoms with van der Waals surface area (Å²) in [5, 5.41) is 19.7. The zero-order chi connectivity index (χ0) is 14.7. The third kappa shape index (κ3) is 2.60. The molecule has 2 aromatic carbocycles. The molecule has 20 heavy (non-hydrogen) atoms. The van der Waals surface area contributed by atoms with Crippen LogP contribution in [0, 0.1) is 27.3 Å². The molecule has 0 aliphatic carbocycles. The molecule has 0 N–H and O–H groups in total. The average Bonchev–Trinajstić information content (AvgIpc) is 2.41. The first-order valence-corrected chi connectivity index (χ1v) is 6.13. The van der Waals surface area contributed by atoms with E-state index < -0.39 is 10.7 Å². The number of rotatable bonds is 3. The van der Waals surface area contributed by atoms with Crippen LogP contribution in [0.3, 0.4) is 0 Å². The summed E-state index contributed by atoms with van der Waals surface area (Å²) in [5.74, 6) is -0.596. The molecule has 0 aliphatic rings. The van der Waals surface area contributed by atoms with Crippen LogP contribution in [-0.2, 0) is 0 Å². The van der Waals surface area contributed by atoms with E-state index >= 15 is 0 Å². The largest absolute Gasteiger partial charge is 0.454 e. The molecule has 100 valence electrons. The summed E-state index contributed by atoms with van der Waals surface area (Å²) in [6.45, 7) is 0. The van der Waals surface area contributed by atoms with Crippen LogP contribution in [0.4, 0.5) is 10.1 Å². The zero-order valence-electron chi connectivity index (χ0n) is 9.84. The molecule has 0 heterocycles. The van der Waals surface area contributed by atoms with Crippen molar-refractivity contribution in [2.45, 2.75) is 0 Å². The van der Waals surface area contributed by atoms with Gasteiger partial charge in [-0.1, -0.05) is 12.1 Å². The van der Waals surface area contributed by atoms with Crippen molar-refractivity contribution in [2.75, 3.05) is 0 Å². The summed E-state index contributed by atoms with van der Waals surface area (Å²) in [6, 6.07) is 9.83. The lowest BCUT2D eigenvalue weighted by molar-refractivity contribution is -0.385. The Morgan fingerprint density at radius 1 is 1.25 bits per heavy atom. The van der Waals surface area contributed by atoms with E-state index in [1.807, 2.05) is 0 Å². The lowest BCUT2D eigenvalue weighted by atomic mass is 10.2. The lowest BCUT2D eigenvalue weighted by Crippen LogP contribution is -1.95. The van der Waals surface area contributed by atoms with Crippen molar-refractivity contribution in [3.63, 3.8) is 0 Å². The second kappa shape index (κ2) is 5.67. The van der Waals surface area contributed by atoms with Crippen molar-refractivity contribution in [3.8, 4) is 17.6 Å². The topological polar surface area (TPSA) is 76.2 Å². The Kier molecular flexibility index (Phi) is 3.96. The van der Waals surface area contributed by atoms with Gasteiger partial charge < -0.3 is 4.74 Å². The van der Waals surface area contributed by atoms with Gasteiger partial charge in [0.2, 0.25) is 0 Å². The van der Waals surface area contributed by atoms with Crippen molar-refractivity contribution in [1.29, 1.82) is 5.26 Å². The standard InChI is InChI=1S/C13H6BrFN2O3/c14-13-10(17(18)19)4-2-6-12(13)20-11-5-1-3-9(15)8(11)7-16/h1-6H. The average molecular weight is 337 g/mol. The molecule has 2 aromatic rings. The van der Waals surface area contributed by atoms with Crippen LogP contribution in [0.5, 0.6) is 11.5 Å². The Hall–Kier alpha value is -2.46. The van der Waals surface area contributed by atoms with E-state index in [0.717, 1.165) is 6.07 Å². The first-order chi connectivity index (χ1) is 9.54. The maximum atomic E-state index is 13.4. The van der Waals surface area contributed by atoms with Gasteiger partial charge >= 0.3 is 0 Å². The van der Waals surface area contributed by atoms with Crippen LogP contribution in [0.25, 0.3) is 0 Å². The molecule has 0 amide bonds. The molecule has 0 saturated carbocycles. The summed E-state index contributed by atoms with van der Waals surface area (Å²) in [6.07, 6.45) is 0. The van der Waals surface area contributed by atoms with Gasteiger partial charge in [0.05, 0.1) is 4.92 Å². The second-order valence-electron chi connectivity index (χ2n) is 3.67. The van der Waals surface area contributed by atoms with Gasteiger partial charge in [-0.15, -0.1) is 0 Å².